The predicted molar refractivity (Wildman–Crippen MR) is 83.6 cm³/mol. The van der Waals surface area contributed by atoms with Crippen molar-refractivity contribution in [1.82, 2.24) is 5.32 Å². The number of aryl methyl sites for hydroxylation is 2. The molecule has 1 aliphatic rings. The molecule has 106 valence electrons. The summed E-state index contributed by atoms with van der Waals surface area (Å²) < 4.78 is 7.11. The van der Waals surface area contributed by atoms with E-state index < -0.39 is 0 Å². The number of halogens is 1. The van der Waals surface area contributed by atoms with Crippen molar-refractivity contribution < 1.29 is 4.74 Å². The highest BCUT2D eigenvalue weighted by molar-refractivity contribution is 9.10. The van der Waals surface area contributed by atoms with E-state index in [2.05, 4.69) is 54.2 Å². The number of benzene rings is 1. The summed E-state index contributed by atoms with van der Waals surface area (Å²) in [6.07, 6.45) is 3.82. The number of hydrogen-bond acceptors (Lipinski definition) is 2. The zero-order valence-corrected chi connectivity index (χ0v) is 13.7. The van der Waals surface area contributed by atoms with E-state index in [1.807, 2.05) is 0 Å². The second-order valence-electron chi connectivity index (χ2n) is 5.44. The van der Waals surface area contributed by atoms with Crippen LogP contribution in [0.1, 0.15) is 48.9 Å². The van der Waals surface area contributed by atoms with Crippen LogP contribution < -0.4 is 5.32 Å². The molecule has 0 amide bonds. The van der Waals surface area contributed by atoms with Gasteiger partial charge in [0, 0.05) is 11.1 Å². The molecule has 0 saturated carbocycles. The topological polar surface area (TPSA) is 21.3 Å². The normalized spacial score (nSPS) is 20.7. The second kappa shape index (κ2) is 6.87. The van der Waals surface area contributed by atoms with Crippen molar-refractivity contribution in [3.63, 3.8) is 0 Å². The zero-order valence-electron chi connectivity index (χ0n) is 12.1. The average Bonchev–Trinajstić information content (AvgIpc) is 2.89. The SMILES string of the molecule is CCCNC(c1cc(C)c(Br)cc1C)C1CCCO1. The minimum atomic E-state index is 0.325. The average molecular weight is 326 g/mol. The minimum Gasteiger partial charge on any atom is -0.376 e. The van der Waals surface area contributed by atoms with E-state index in [1.54, 1.807) is 0 Å². The van der Waals surface area contributed by atoms with Crippen molar-refractivity contribution in [1.29, 1.82) is 0 Å². The lowest BCUT2D eigenvalue weighted by Gasteiger charge is -2.27. The maximum absolute atomic E-state index is 5.92. The molecule has 1 saturated heterocycles. The Hall–Kier alpha value is -0.380. The highest BCUT2D eigenvalue weighted by atomic mass is 79.9. The van der Waals surface area contributed by atoms with Gasteiger partial charge in [-0.05, 0) is 62.4 Å². The Morgan fingerprint density at radius 2 is 2.16 bits per heavy atom. The van der Waals surface area contributed by atoms with Crippen LogP contribution in [0.5, 0.6) is 0 Å². The van der Waals surface area contributed by atoms with Gasteiger partial charge in [0.25, 0.3) is 0 Å². The maximum atomic E-state index is 5.92. The molecule has 1 aliphatic heterocycles. The summed E-state index contributed by atoms with van der Waals surface area (Å²) in [5.74, 6) is 0. The molecule has 0 radical (unpaired) electrons. The first-order valence-corrected chi connectivity index (χ1v) is 8.04. The molecule has 2 unspecified atom stereocenters. The van der Waals surface area contributed by atoms with Crippen molar-refractivity contribution >= 4 is 15.9 Å². The van der Waals surface area contributed by atoms with Gasteiger partial charge in [-0.15, -0.1) is 0 Å². The van der Waals surface area contributed by atoms with Gasteiger partial charge in [-0.3, -0.25) is 0 Å². The molecule has 3 heteroatoms. The van der Waals surface area contributed by atoms with Crippen LogP contribution in [0, 0.1) is 13.8 Å². The van der Waals surface area contributed by atoms with E-state index in [0.717, 1.165) is 26.0 Å². The molecule has 0 aliphatic carbocycles. The molecule has 1 fully saturated rings. The van der Waals surface area contributed by atoms with Gasteiger partial charge in [-0.1, -0.05) is 28.9 Å². The van der Waals surface area contributed by atoms with Crippen molar-refractivity contribution in [2.75, 3.05) is 13.2 Å². The monoisotopic (exact) mass is 325 g/mol. The van der Waals surface area contributed by atoms with E-state index in [-0.39, 0.29) is 0 Å². The summed E-state index contributed by atoms with van der Waals surface area (Å²) in [5.41, 5.74) is 4.02. The zero-order chi connectivity index (χ0) is 13.8. The van der Waals surface area contributed by atoms with Gasteiger partial charge in [0.15, 0.2) is 0 Å². The highest BCUT2D eigenvalue weighted by Crippen LogP contribution is 2.31. The lowest BCUT2D eigenvalue weighted by Crippen LogP contribution is -2.32. The van der Waals surface area contributed by atoms with Gasteiger partial charge in [0.05, 0.1) is 12.1 Å². The molecule has 0 spiro atoms. The molecule has 0 aromatic heterocycles. The van der Waals surface area contributed by atoms with E-state index in [0.29, 0.717) is 12.1 Å². The molecule has 1 N–H and O–H groups in total. The third-order valence-corrected chi connectivity index (χ3v) is 4.69. The van der Waals surface area contributed by atoms with E-state index in [1.165, 1.54) is 27.6 Å². The number of ether oxygens (including phenoxy) is 1. The molecule has 2 nitrogen and oxygen atoms in total. The largest absolute Gasteiger partial charge is 0.376 e. The Morgan fingerprint density at radius 1 is 1.37 bits per heavy atom. The molecule has 19 heavy (non-hydrogen) atoms. The summed E-state index contributed by atoms with van der Waals surface area (Å²) in [6, 6.07) is 4.85. The molecule has 1 aromatic rings. The second-order valence-corrected chi connectivity index (χ2v) is 6.30. The molecule has 1 heterocycles. The van der Waals surface area contributed by atoms with Gasteiger partial charge >= 0.3 is 0 Å². The standard InChI is InChI=1S/C16H24BrNO/c1-4-7-18-16(15-6-5-8-19-15)13-9-12(3)14(17)10-11(13)2/h9-10,15-16,18H,4-8H2,1-3H3. The van der Waals surface area contributed by atoms with E-state index >= 15 is 0 Å². The van der Waals surface area contributed by atoms with Gasteiger partial charge in [-0.25, -0.2) is 0 Å². The smallest absolute Gasteiger partial charge is 0.0770 e. The Kier molecular flexibility index (Phi) is 5.43. The van der Waals surface area contributed by atoms with Gasteiger partial charge in [0.2, 0.25) is 0 Å². The van der Waals surface area contributed by atoms with Crippen molar-refractivity contribution in [3.8, 4) is 0 Å². The summed E-state index contributed by atoms with van der Waals surface area (Å²) in [6.45, 7) is 8.50. The lowest BCUT2D eigenvalue weighted by molar-refractivity contribution is 0.0781. The summed E-state index contributed by atoms with van der Waals surface area (Å²) in [7, 11) is 0. The number of hydrogen-bond donors (Lipinski definition) is 1. The Labute approximate surface area is 125 Å². The van der Waals surface area contributed by atoms with Crippen molar-refractivity contribution in [2.24, 2.45) is 0 Å². The number of nitrogens with one attached hydrogen (secondary N) is 1. The summed E-state index contributed by atoms with van der Waals surface area (Å²) in [4.78, 5) is 0. The van der Waals surface area contributed by atoms with Gasteiger partial charge in [0.1, 0.15) is 0 Å². The summed E-state index contributed by atoms with van der Waals surface area (Å²) in [5, 5.41) is 3.67. The van der Waals surface area contributed by atoms with Crippen LogP contribution >= 0.6 is 15.9 Å². The first kappa shape index (κ1) is 15.0. The lowest BCUT2D eigenvalue weighted by atomic mass is 9.93. The highest BCUT2D eigenvalue weighted by Gasteiger charge is 2.28. The van der Waals surface area contributed by atoms with Crippen LogP contribution in [0.3, 0.4) is 0 Å². The van der Waals surface area contributed by atoms with Crippen LogP contribution in [0.15, 0.2) is 16.6 Å². The quantitative estimate of drug-likeness (QED) is 0.872. The first-order valence-electron chi connectivity index (χ1n) is 7.25. The summed E-state index contributed by atoms with van der Waals surface area (Å²) >= 11 is 3.61. The van der Waals surface area contributed by atoms with Gasteiger partial charge < -0.3 is 10.1 Å². The third-order valence-electron chi connectivity index (χ3n) is 3.83. The van der Waals surface area contributed by atoms with Crippen molar-refractivity contribution in [3.05, 3.63) is 33.3 Å². The molecular weight excluding hydrogens is 302 g/mol. The number of rotatable bonds is 5. The van der Waals surface area contributed by atoms with Crippen LogP contribution in [-0.4, -0.2) is 19.3 Å². The van der Waals surface area contributed by atoms with Gasteiger partial charge in [-0.2, -0.15) is 0 Å². The fraction of sp³-hybridized carbons (Fsp3) is 0.625. The fourth-order valence-corrected chi connectivity index (χ4v) is 3.20. The first-order chi connectivity index (χ1) is 9.13. The van der Waals surface area contributed by atoms with Crippen LogP contribution in [-0.2, 0) is 4.74 Å². The van der Waals surface area contributed by atoms with Crippen LogP contribution in [0.2, 0.25) is 0 Å². The van der Waals surface area contributed by atoms with Crippen LogP contribution in [0.4, 0.5) is 0 Å². The fourth-order valence-electron chi connectivity index (χ4n) is 2.75. The molecular formula is C16H24BrNO. The molecule has 0 bridgehead atoms. The molecule has 1 aromatic carbocycles. The van der Waals surface area contributed by atoms with E-state index in [4.69, 9.17) is 4.74 Å². The Morgan fingerprint density at radius 3 is 2.79 bits per heavy atom. The minimum absolute atomic E-state index is 0.325. The Balaban J connectivity index is 2.28. The predicted octanol–water partition coefficient (Wildman–Crippen LogP) is 4.29. The molecule has 2 atom stereocenters. The Bertz CT molecular complexity index is 427. The van der Waals surface area contributed by atoms with E-state index in [9.17, 15) is 0 Å². The van der Waals surface area contributed by atoms with Crippen LogP contribution in [0.25, 0.3) is 0 Å². The molecule has 2 rings (SSSR count). The maximum Gasteiger partial charge on any atom is 0.0770 e. The van der Waals surface area contributed by atoms with Crippen molar-refractivity contribution in [2.45, 2.75) is 52.2 Å². The third kappa shape index (κ3) is 3.59.